The molecule has 0 heterocycles. The molecule has 2 amide bonds. The average molecular weight is 439 g/mol. The summed E-state index contributed by atoms with van der Waals surface area (Å²) in [7, 11) is 0. The zero-order valence-corrected chi connectivity index (χ0v) is 15.2. The van der Waals surface area contributed by atoms with Gasteiger partial charge in [0.2, 0.25) is 0 Å². The minimum absolute atomic E-state index is 0.0664. The summed E-state index contributed by atoms with van der Waals surface area (Å²) in [5.41, 5.74) is -3.69. The molecule has 0 atom stereocenters. The first kappa shape index (κ1) is 22.5. The molecular weight excluding hydrogens is 426 g/mol. The van der Waals surface area contributed by atoms with E-state index in [1.165, 1.54) is 24.3 Å². The number of carbonyl (C=O) groups is 2. The number of alkyl halides is 6. The summed E-state index contributed by atoms with van der Waals surface area (Å²) in [5.74, 6) is -1.63. The van der Waals surface area contributed by atoms with Gasteiger partial charge in [0.1, 0.15) is 0 Å². The molecule has 11 heteroatoms. The highest BCUT2D eigenvalue weighted by atomic mass is 35.5. The number of halogens is 7. The summed E-state index contributed by atoms with van der Waals surface area (Å²) in [4.78, 5) is 23.8. The van der Waals surface area contributed by atoms with Crippen LogP contribution in [0.25, 0.3) is 0 Å². The molecular formula is C18H13ClF6N2O2. The van der Waals surface area contributed by atoms with E-state index in [0.717, 1.165) is 0 Å². The molecule has 0 aliphatic rings. The van der Waals surface area contributed by atoms with Crippen LogP contribution in [0.3, 0.4) is 0 Å². The zero-order chi connectivity index (χ0) is 21.8. The van der Waals surface area contributed by atoms with Crippen molar-refractivity contribution in [3.8, 4) is 0 Å². The van der Waals surface area contributed by atoms with Crippen LogP contribution in [0.1, 0.15) is 31.8 Å². The van der Waals surface area contributed by atoms with Gasteiger partial charge in [0.05, 0.1) is 11.1 Å². The van der Waals surface area contributed by atoms with Gasteiger partial charge in [-0.25, -0.2) is 0 Å². The number of amides is 2. The summed E-state index contributed by atoms with van der Waals surface area (Å²) in [5, 5.41) is 5.03. The van der Waals surface area contributed by atoms with Gasteiger partial charge >= 0.3 is 12.4 Å². The van der Waals surface area contributed by atoms with Gasteiger partial charge in [0, 0.05) is 29.2 Å². The fourth-order valence-corrected chi connectivity index (χ4v) is 2.37. The van der Waals surface area contributed by atoms with Crippen molar-refractivity contribution in [2.24, 2.45) is 0 Å². The third-order valence-corrected chi connectivity index (χ3v) is 3.90. The molecule has 2 aromatic carbocycles. The van der Waals surface area contributed by atoms with Gasteiger partial charge in [-0.3, -0.25) is 9.59 Å². The monoisotopic (exact) mass is 438 g/mol. The Morgan fingerprint density at radius 1 is 0.724 bits per heavy atom. The fraction of sp³-hybridized carbons (Fsp3) is 0.222. The van der Waals surface area contributed by atoms with Crippen LogP contribution < -0.4 is 10.6 Å². The Morgan fingerprint density at radius 3 is 1.55 bits per heavy atom. The first-order valence-corrected chi connectivity index (χ1v) is 8.37. The van der Waals surface area contributed by atoms with Crippen LogP contribution in [0.5, 0.6) is 0 Å². The standard InChI is InChI=1S/C18H13ClF6N2O2/c19-14-3-1-10(2-4-14)15(28)26-5-6-27-16(29)11-7-12(17(20,21)22)9-13(8-11)18(23,24)25/h1-4,7-9H,5-6H2,(H,26,28)(H,27,29). The summed E-state index contributed by atoms with van der Waals surface area (Å²) in [6, 6.07) is 6.49. The summed E-state index contributed by atoms with van der Waals surface area (Å²) < 4.78 is 77.0. The molecule has 0 unspecified atom stereocenters. The molecule has 0 aromatic heterocycles. The van der Waals surface area contributed by atoms with E-state index in [-0.39, 0.29) is 24.7 Å². The van der Waals surface area contributed by atoms with Gasteiger partial charge < -0.3 is 10.6 Å². The van der Waals surface area contributed by atoms with Crippen LogP contribution in [0.2, 0.25) is 5.02 Å². The number of benzene rings is 2. The van der Waals surface area contributed by atoms with Crippen molar-refractivity contribution < 1.29 is 35.9 Å². The highest BCUT2D eigenvalue weighted by molar-refractivity contribution is 6.30. The van der Waals surface area contributed by atoms with E-state index in [1.807, 2.05) is 0 Å². The molecule has 2 aromatic rings. The van der Waals surface area contributed by atoms with Crippen LogP contribution in [0.15, 0.2) is 42.5 Å². The van der Waals surface area contributed by atoms with E-state index < -0.39 is 40.9 Å². The Morgan fingerprint density at radius 2 is 1.14 bits per heavy atom. The Balaban J connectivity index is 2.01. The SMILES string of the molecule is O=C(NCCNC(=O)c1cc(C(F)(F)F)cc(C(F)(F)F)c1)c1ccc(Cl)cc1. The first-order valence-electron chi connectivity index (χ1n) is 7.99. The number of nitrogens with one attached hydrogen (secondary N) is 2. The highest BCUT2D eigenvalue weighted by Crippen LogP contribution is 2.36. The molecule has 0 bridgehead atoms. The zero-order valence-electron chi connectivity index (χ0n) is 14.4. The van der Waals surface area contributed by atoms with Crippen molar-refractivity contribution >= 4 is 23.4 Å². The molecule has 0 saturated heterocycles. The van der Waals surface area contributed by atoms with Gasteiger partial charge in [-0.05, 0) is 42.5 Å². The van der Waals surface area contributed by atoms with Gasteiger partial charge in [0.15, 0.2) is 0 Å². The Bertz CT molecular complexity index is 862. The normalized spacial score (nSPS) is 11.8. The van der Waals surface area contributed by atoms with Crippen molar-refractivity contribution in [3.05, 3.63) is 69.7 Å². The summed E-state index contributed by atoms with van der Waals surface area (Å²) in [6.45, 7) is -0.311. The molecule has 156 valence electrons. The topological polar surface area (TPSA) is 58.2 Å². The van der Waals surface area contributed by atoms with Crippen molar-refractivity contribution in [1.82, 2.24) is 10.6 Å². The van der Waals surface area contributed by atoms with E-state index in [1.54, 1.807) is 0 Å². The lowest BCUT2D eigenvalue weighted by Gasteiger charge is -2.14. The molecule has 0 radical (unpaired) electrons. The van der Waals surface area contributed by atoms with Gasteiger partial charge in [-0.1, -0.05) is 11.6 Å². The molecule has 0 aliphatic heterocycles. The Labute approximate surface area is 165 Å². The molecule has 0 saturated carbocycles. The molecule has 0 aliphatic carbocycles. The van der Waals surface area contributed by atoms with Crippen LogP contribution >= 0.6 is 11.6 Å². The number of hydrogen-bond acceptors (Lipinski definition) is 2. The van der Waals surface area contributed by atoms with E-state index >= 15 is 0 Å². The maximum atomic E-state index is 12.8. The Hall–Kier alpha value is -2.75. The maximum Gasteiger partial charge on any atom is 0.416 e. The lowest BCUT2D eigenvalue weighted by Crippen LogP contribution is -2.34. The number of hydrogen-bond donors (Lipinski definition) is 2. The van der Waals surface area contributed by atoms with Crippen LogP contribution in [0.4, 0.5) is 26.3 Å². The predicted octanol–water partition coefficient (Wildman–Crippen LogP) is 4.54. The number of carbonyl (C=O) groups excluding carboxylic acids is 2. The smallest absolute Gasteiger partial charge is 0.350 e. The van der Waals surface area contributed by atoms with Crippen molar-refractivity contribution in [2.45, 2.75) is 12.4 Å². The third kappa shape index (κ3) is 6.38. The second kappa shape index (κ2) is 8.73. The molecule has 2 N–H and O–H groups in total. The molecule has 4 nitrogen and oxygen atoms in total. The van der Waals surface area contributed by atoms with Gasteiger partial charge in [0.25, 0.3) is 11.8 Å². The van der Waals surface area contributed by atoms with Crippen molar-refractivity contribution in [1.29, 1.82) is 0 Å². The second-order valence-electron chi connectivity index (χ2n) is 5.81. The molecule has 0 fully saturated rings. The van der Waals surface area contributed by atoms with Crippen molar-refractivity contribution in [3.63, 3.8) is 0 Å². The van der Waals surface area contributed by atoms with E-state index in [4.69, 9.17) is 11.6 Å². The highest BCUT2D eigenvalue weighted by Gasteiger charge is 2.37. The minimum atomic E-state index is -5.05. The van der Waals surface area contributed by atoms with E-state index in [2.05, 4.69) is 10.6 Å². The lowest BCUT2D eigenvalue weighted by molar-refractivity contribution is -0.143. The third-order valence-electron chi connectivity index (χ3n) is 3.65. The van der Waals surface area contributed by atoms with Gasteiger partial charge in [-0.15, -0.1) is 0 Å². The second-order valence-corrected chi connectivity index (χ2v) is 6.25. The number of rotatable bonds is 5. The first-order chi connectivity index (χ1) is 13.4. The fourth-order valence-electron chi connectivity index (χ4n) is 2.24. The van der Waals surface area contributed by atoms with Crippen LogP contribution in [-0.4, -0.2) is 24.9 Å². The minimum Gasteiger partial charge on any atom is -0.350 e. The quantitative estimate of drug-likeness (QED) is 0.532. The average Bonchev–Trinajstić information content (AvgIpc) is 2.63. The van der Waals surface area contributed by atoms with Crippen molar-refractivity contribution in [2.75, 3.05) is 13.1 Å². The molecule has 2 rings (SSSR count). The summed E-state index contributed by atoms with van der Waals surface area (Å²) in [6.07, 6.45) is -10.1. The molecule has 0 spiro atoms. The summed E-state index contributed by atoms with van der Waals surface area (Å²) >= 11 is 5.69. The van der Waals surface area contributed by atoms with E-state index in [9.17, 15) is 35.9 Å². The lowest BCUT2D eigenvalue weighted by atomic mass is 10.0. The Kier molecular flexibility index (Phi) is 6.78. The maximum absolute atomic E-state index is 12.8. The van der Waals surface area contributed by atoms with E-state index in [0.29, 0.717) is 17.2 Å². The molecule has 29 heavy (non-hydrogen) atoms. The van der Waals surface area contributed by atoms with Gasteiger partial charge in [-0.2, -0.15) is 26.3 Å². The predicted molar refractivity (Wildman–Crippen MR) is 92.6 cm³/mol. The van der Waals surface area contributed by atoms with Crippen LogP contribution in [-0.2, 0) is 12.4 Å². The largest absolute Gasteiger partial charge is 0.416 e. The van der Waals surface area contributed by atoms with Crippen LogP contribution in [0, 0.1) is 0 Å².